The number of carbonyl (C=O) groups is 2. The number of hydrazine groups is 1. The first-order valence-electron chi connectivity index (χ1n) is 5.06. The maximum Gasteiger partial charge on any atom is 0.279 e. The summed E-state index contributed by atoms with van der Waals surface area (Å²) in [6, 6.07) is 10.5. The molecule has 0 bridgehead atoms. The minimum atomic E-state index is -0.337. The second-order valence-electron chi connectivity index (χ2n) is 3.39. The van der Waals surface area contributed by atoms with E-state index < -0.39 is 0 Å². The van der Waals surface area contributed by atoms with Gasteiger partial charge in [-0.15, -0.1) is 11.3 Å². The second-order valence-corrected chi connectivity index (χ2v) is 5.59. The Balaban J connectivity index is 1.92. The fourth-order valence-electron chi connectivity index (χ4n) is 1.26. The minimum absolute atomic E-state index is 0.316. The van der Waals surface area contributed by atoms with Crippen LogP contribution in [-0.4, -0.2) is 11.8 Å². The summed E-state index contributed by atoms with van der Waals surface area (Å²) in [5, 5.41) is 1.80. The van der Waals surface area contributed by atoms with Gasteiger partial charge in [0.15, 0.2) is 0 Å². The number of halogens is 1. The summed E-state index contributed by atoms with van der Waals surface area (Å²) in [7, 11) is 0. The number of benzene rings is 1. The average Bonchev–Trinajstić information content (AvgIpc) is 2.90. The van der Waals surface area contributed by atoms with E-state index in [0.29, 0.717) is 10.4 Å². The predicted octanol–water partition coefficient (Wildman–Crippen LogP) is 2.43. The van der Waals surface area contributed by atoms with Gasteiger partial charge in [-0.2, -0.15) is 0 Å². The maximum absolute atomic E-state index is 11.7. The highest BCUT2D eigenvalue weighted by molar-refractivity contribution is 14.1. The fraction of sp³-hybridized carbons (Fsp3) is 0. The Bertz CT molecular complexity index is 552. The summed E-state index contributed by atoms with van der Waals surface area (Å²) in [4.78, 5) is 23.8. The van der Waals surface area contributed by atoms with Gasteiger partial charge in [0.05, 0.1) is 4.88 Å². The van der Waals surface area contributed by atoms with Crippen LogP contribution in [-0.2, 0) is 0 Å². The molecule has 0 aliphatic rings. The average molecular weight is 372 g/mol. The van der Waals surface area contributed by atoms with Gasteiger partial charge in [0.25, 0.3) is 11.8 Å². The van der Waals surface area contributed by atoms with Crippen molar-refractivity contribution in [3.05, 3.63) is 55.8 Å². The monoisotopic (exact) mass is 372 g/mol. The molecule has 6 heteroatoms. The number of hydrogen-bond donors (Lipinski definition) is 2. The predicted molar refractivity (Wildman–Crippen MR) is 78.4 cm³/mol. The van der Waals surface area contributed by atoms with Crippen molar-refractivity contribution in [3.8, 4) is 0 Å². The molecule has 0 spiro atoms. The smallest absolute Gasteiger partial charge is 0.267 e. The van der Waals surface area contributed by atoms with Crippen LogP contribution in [0.5, 0.6) is 0 Å². The molecule has 1 aromatic carbocycles. The van der Waals surface area contributed by atoms with Gasteiger partial charge < -0.3 is 0 Å². The zero-order chi connectivity index (χ0) is 13.0. The molecule has 92 valence electrons. The summed E-state index contributed by atoms with van der Waals surface area (Å²) < 4.78 is 1.05. The van der Waals surface area contributed by atoms with Crippen molar-refractivity contribution >= 4 is 45.7 Å². The number of rotatable bonds is 2. The fourth-order valence-corrected chi connectivity index (χ4v) is 2.23. The molecule has 0 fully saturated rings. The third-order valence-electron chi connectivity index (χ3n) is 2.14. The SMILES string of the molecule is O=C(NNC(=O)c1cccs1)c1ccc(I)cc1. The molecule has 0 saturated heterocycles. The van der Waals surface area contributed by atoms with Crippen LogP contribution in [0, 0.1) is 3.57 Å². The summed E-state index contributed by atoms with van der Waals surface area (Å²) in [6.45, 7) is 0. The first-order chi connectivity index (χ1) is 8.66. The molecule has 2 aromatic rings. The van der Waals surface area contributed by atoms with Crippen molar-refractivity contribution in [2.45, 2.75) is 0 Å². The molecule has 0 aliphatic carbocycles. The summed E-state index contributed by atoms with van der Waals surface area (Å²) in [6.07, 6.45) is 0. The molecule has 1 aromatic heterocycles. The summed E-state index contributed by atoms with van der Waals surface area (Å²) in [5.41, 5.74) is 5.24. The Morgan fingerprint density at radius 3 is 2.28 bits per heavy atom. The quantitative estimate of drug-likeness (QED) is 0.629. The van der Waals surface area contributed by atoms with E-state index in [1.54, 1.807) is 29.6 Å². The van der Waals surface area contributed by atoms with E-state index in [1.807, 2.05) is 12.1 Å². The van der Waals surface area contributed by atoms with Crippen LogP contribution in [0.4, 0.5) is 0 Å². The lowest BCUT2D eigenvalue weighted by molar-refractivity contribution is 0.0849. The Morgan fingerprint density at radius 2 is 1.67 bits per heavy atom. The van der Waals surface area contributed by atoms with Crippen LogP contribution in [0.3, 0.4) is 0 Å². The Morgan fingerprint density at radius 1 is 1.00 bits per heavy atom. The molecule has 0 atom stereocenters. The lowest BCUT2D eigenvalue weighted by Gasteiger charge is -2.06. The van der Waals surface area contributed by atoms with Crippen molar-refractivity contribution in [2.75, 3.05) is 0 Å². The van der Waals surface area contributed by atoms with E-state index in [9.17, 15) is 9.59 Å². The molecule has 0 saturated carbocycles. The van der Waals surface area contributed by atoms with Crippen LogP contribution in [0.2, 0.25) is 0 Å². The van der Waals surface area contributed by atoms with E-state index in [4.69, 9.17) is 0 Å². The molecule has 1 heterocycles. The van der Waals surface area contributed by atoms with Gasteiger partial charge in [0.2, 0.25) is 0 Å². The molecule has 0 unspecified atom stereocenters. The number of carbonyl (C=O) groups excluding carboxylic acids is 2. The van der Waals surface area contributed by atoms with E-state index in [1.165, 1.54) is 11.3 Å². The molecule has 18 heavy (non-hydrogen) atoms. The first-order valence-corrected chi connectivity index (χ1v) is 7.02. The Labute approximate surface area is 122 Å². The number of amides is 2. The van der Waals surface area contributed by atoms with Gasteiger partial charge in [-0.3, -0.25) is 20.4 Å². The lowest BCUT2D eigenvalue weighted by Crippen LogP contribution is -2.41. The van der Waals surface area contributed by atoms with Gasteiger partial charge in [-0.05, 0) is 58.3 Å². The maximum atomic E-state index is 11.7. The number of thiophene rings is 1. The van der Waals surface area contributed by atoms with Crippen LogP contribution >= 0.6 is 33.9 Å². The van der Waals surface area contributed by atoms with Crippen LogP contribution in [0.15, 0.2) is 41.8 Å². The van der Waals surface area contributed by atoms with Gasteiger partial charge in [0.1, 0.15) is 0 Å². The largest absolute Gasteiger partial charge is 0.279 e. The zero-order valence-corrected chi connectivity index (χ0v) is 12.1. The molecule has 0 radical (unpaired) electrons. The van der Waals surface area contributed by atoms with Crippen molar-refractivity contribution in [2.24, 2.45) is 0 Å². The zero-order valence-electron chi connectivity index (χ0n) is 9.14. The third kappa shape index (κ3) is 3.30. The Kier molecular flexibility index (Phi) is 4.32. The normalized spacial score (nSPS) is 9.83. The van der Waals surface area contributed by atoms with Crippen molar-refractivity contribution in [3.63, 3.8) is 0 Å². The van der Waals surface area contributed by atoms with Crippen LogP contribution in [0.25, 0.3) is 0 Å². The third-order valence-corrected chi connectivity index (χ3v) is 3.73. The van der Waals surface area contributed by atoms with Gasteiger partial charge in [0, 0.05) is 9.13 Å². The highest BCUT2D eigenvalue weighted by Gasteiger charge is 2.09. The first kappa shape index (κ1) is 13.0. The molecule has 2 rings (SSSR count). The van der Waals surface area contributed by atoms with E-state index >= 15 is 0 Å². The van der Waals surface area contributed by atoms with Crippen LogP contribution in [0.1, 0.15) is 20.0 Å². The van der Waals surface area contributed by atoms with Crippen molar-refractivity contribution < 1.29 is 9.59 Å². The van der Waals surface area contributed by atoms with E-state index in [-0.39, 0.29) is 11.8 Å². The molecule has 0 aliphatic heterocycles. The standard InChI is InChI=1S/C12H9IN2O2S/c13-9-5-3-8(4-6-9)11(16)14-15-12(17)10-2-1-7-18-10/h1-7H,(H,14,16)(H,15,17). The molecule has 2 N–H and O–H groups in total. The molecular formula is C12H9IN2O2S. The number of nitrogens with one attached hydrogen (secondary N) is 2. The van der Waals surface area contributed by atoms with Crippen molar-refractivity contribution in [1.29, 1.82) is 0 Å². The Hall–Kier alpha value is -1.41. The topological polar surface area (TPSA) is 58.2 Å². The second kappa shape index (κ2) is 5.96. The van der Waals surface area contributed by atoms with E-state index in [0.717, 1.165) is 3.57 Å². The van der Waals surface area contributed by atoms with Gasteiger partial charge in [-0.25, -0.2) is 0 Å². The highest BCUT2D eigenvalue weighted by Crippen LogP contribution is 2.08. The summed E-state index contributed by atoms with van der Waals surface area (Å²) >= 11 is 3.47. The highest BCUT2D eigenvalue weighted by atomic mass is 127. The van der Waals surface area contributed by atoms with E-state index in [2.05, 4.69) is 33.4 Å². The number of hydrogen-bond acceptors (Lipinski definition) is 3. The van der Waals surface area contributed by atoms with Gasteiger partial charge in [-0.1, -0.05) is 6.07 Å². The molecule has 2 amide bonds. The van der Waals surface area contributed by atoms with Crippen molar-refractivity contribution in [1.82, 2.24) is 10.9 Å². The van der Waals surface area contributed by atoms with Crippen LogP contribution < -0.4 is 10.9 Å². The molecular weight excluding hydrogens is 363 g/mol. The lowest BCUT2D eigenvalue weighted by atomic mass is 10.2. The molecule has 4 nitrogen and oxygen atoms in total. The van der Waals surface area contributed by atoms with Gasteiger partial charge >= 0.3 is 0 Å². The minimum Gasteiger partial charge on any atom is -0.267 e. The summed E-state index contributed by atoms with van der Waals surface area (Å²) in [5.74, 6) is -0.653.